The second-order valence-corrected chi connectivity index (χ2v) is 7.16. The molecule has 0 aliphatic heterocycles. The molecule has 0 amide bonds. The van der Waals surface area contributed by atoms with Gasteiger partial charge in [-0.15, -0.1) is 0 Å². The molecule has 0 spiro atoms. The van der Waals surface area contributed by atoms with Crippen molar-refractivity contribution in [3.63, 3.8) is 0 Å². The van der Waals surface area contributed by atoms with E-state index in [2.05, 4.69) is 23.9 Å². The third-order valence-corrected chi connectivity index (χ3v) is 4.56. The lowest BCUT2D eigenvalue weighted by Gasteiger charge is -2.08. The molecule has 0 unspecified atom stereocenters. The number of rotatable bonds is 11. The summed E-state index contributed by atoms with van der Waals surface area (Å²) >= 11 is 0. The first-order valence-corrected chi connectivity index (χ1v) is 9.48. The van der Waals surface area contributed by atoms with Crippen molar-refractivity contribution in [1.82, 2.24) is 10.0 Å². The first-order valence-electron chi connectivity index (χ1n) is 7.83. The van der Waals surface area contributed by atoms with Gasteiger partial charge in [0.1, 0.15) is 0 Å². The van der Waals surface area contributed by atoms with E-state index < -0.39 is 10.0 Å². The summed E-state index contributed by atoms with van der Waals surface area (Å²) in [5, 5.41) is 3.32. The Kier molecular flexibility index (Phi) is 8.57. The fraction of sp³-hybridized carbons (Fsp3) is 0.625. The van der Waals surface area contributed by atoms with Crippen molar-refractivity contribution in [2.45, 2.75) is 51.8 Å². The van der Waals surface area contributed by atoms with E-state index in [0.29, 0.717) is 6.54 Å². The Bertz CT molecular complexity index is 501. The first kappa shape index (κ1) is 18.1. The van der Waals surface area contributed by atoms with Gasteiger partial charge in [0.05, 0.1) is 5.75 Å². The highest BCUT2D eigenvalue weighted by molar-refractivity contribution is 7.88. The summed E-state index contributed by atoms with van der Waals surface area (Å²) in [6.45, 7) is 6.52. The second kappa shape index (κ2) is 9.92. The third-order valence-electron chi connectivity index (χ3n) is 3.21. The Morgan fingerprint density at radius 2 is 1.76 bits per heavy atom. The SMILES string of the molecule is CCCCCNS(=O)(=O)Cc1cccc(CNCCC)c1. The molecular formula is C16H28N2O2S. The van der Waals surface area contributed by atoms with Crippen LogP contribution in [-0.4, -0.2) is 21.5 Å². The van der Waals surface area contributed by atoms with Crippen molar-refractivity contribution in [2.24, 2.45) is 0 Å². The zero-order chi connectivity index (χ0) is 15.6. The molecule has 0 radical (unpaired) electrons. The fourth-order valence-corrected chi connectivity index (χ4v) is 3.29. The van der Waals surface area contributed by atoms with Crippen LogP contribution >= 0.6 is 0 Å². The molecule has 0 aromatic heterocycles. The number of benzene rings is 1. The number of sulfonamides is 1. The summed E-state index contributed by atoms with van der Waals surface area (Å²) < 4.78 is 26.7. The average molecular weight is 312 g/mol. The molecule has 1 rings (SSSR count). The van der Waals surface area contributed by atoms with Gasteiger partial charge >= 0.3 is 0 Å². The van der Waals surface area contributed by atoms with Gasteiger partial charge in [0.25, 0.3) is 0 Å². The van der Waals surface area contributed by atoms with Crippen LogP contribution in [0.25, 0.3) is 0 Å². The van der Waals surface area contributed by atoms with E-state index in [4.69, 9.17) is 0 Å². The third kappa shape index (κ3) is 8.19. The molecule has 0 bridgehead atoms. The molecule has 0 aliphatic carbocycles. The van der Waals surface area contributed by atoms with Gasteiger partial charge in [-0.1, -0.05) is 51.0 Å². The minimum absolute atomic E-state index is 0.0563. The molecule has 0 saturated heterocycles. The molecule has 0 atom stereocenters. The topological polar surface area (TPSA) is 58.2 Å². The van der Waals surface area contributed by atoms with Crippen LogP contribution in [0.3, 0.4) is 0 Å². The Balaban J connectivity index is 2.50. The summed E-state index contributed by atoms with van der Waals surface area (Å²) in [4.78, 5) is 0. The van der Waals surface area contributed by atoms with Gasteiger partial charge in [0.15, 0.2) is 0 Å². The molecule has 21 heavy (non-hydrogen) atoms. The van der Waals surface area contributed by atoms with Gasteiger partial charge in [-0.3, -0.25) is 0 Å². The molecule has 0 fully saturated rings. The summed E-state index contributed by atoms with van der Waals surface area (Å²) in [5.74, 6) is 0.0563. The highest BCUT2D eigenvalue weighted by atomic mass is 32.2. The van der Waals surface area contributed by atoms with Gasteiger partial charge in [0, 0.05) is 13.1 Å². The van der Waals surface area contributed by atoms with E-state index in [0.717, 1.165) is 49.9 Å². The van der Waals surface area contributed by atoms with Gasteiger partial charge in [-0.2, -0.15) is 0 Å². The maximum absolute atomic E-state index is 12.0. The maximum atomic E-state index is 12.0. The lowest BCUT2D eigenvalue weighted by molar-refractivity contribution is 0.575. The molecule has 2 N–H and O–H groups in total. The predicted molar refractivity (Wildman–Crippen MR) is 88.6 cm³/mol. The van der Waals surface area contributed by atoms with E-state index in [-0.39, 0.29) is 5.75 Å². The van der Waals surface area contributed by atoms with Gasteiger partial charge in [0.2, 0.25) is 10.0 Å². The van der Waals surface area contributed by atoms with E-state index >= 15 is 0 Å². The number of hydrogen-bond donors (Lipinski definition) is 2. The molecule has 0 saturated carbocycles. The van der Waals surface area contributed by atoms with Crippen molar-refractivity contribution in [2.75, 3.05) is 13.1 Å². The smallest absolute Gasteiger partial charge is 0.215 e. The van der Waals surface area contributed by atoms with Crippen LogP contribution in [0.15, 0.2) is 24.3 Å². The van der Waals surface area contributed by atoms with Crippen LogP contribution in [0.5, 0.6) is 0 Å². The minimum Gasteiger partial charge on any atom is -0.313 e. The molecule has 120 valence electrons. The van der Waals surface area contributed by atoms with Crippen molar-refractivity contribution in [1.29, 1.82) is 0 Å². The average Bonchev–Trinajstić information content (AvgIpc) is 2.44. The largest absolute Gasteiger partial charge is 0.313 e. The molecule has 0 heterocycles. The van der Waals surface area contributed by atoms with Gasteiger partial charge in [-0.25, -0.2) is 13.1 Å². The van der Waals surface area contributed by atoms with E-state index in [1.54, 1.807) is 0 Å². The predicted octanol–water partition coefficient (Wildman–Crippen LogP) is 2.80. The van der Waals surface area contributed by atoms with Gasteiger partial charge in [-0.05, 0) is 30.5 Å². The van der Waals surface area contributed by atoms with Crippen LogP contribution in [0, 0.1) is 0 Å². The summed E-state index contributed by atoms with van der Waals surface area (Å²) in [5.41, 5.74) is 1.97. The molecule has 1 aromatic rings. The first-order chi connectivity index (χ1) is 10.1. The molecule has 0 aliphatic rings. The van der Waals surface area contributed by atoms with Crippen molar-refractivity contribution in [3.8, 4) is 0 Å². The number of nitrogens with one attached hydrogen (secondary N) is 2. The van der Waals surface area contributed by atoms with Crippen LogP contribution in [0.2, 0.25) is 0 Å². The van der Waals surface area contributed by atoms with Crippen molar-refractivity contribution in [3.05, 3.63) is 35.4 Å². The van der Waals surface area contributed by atoms with Crippen molar-refractivity contribution < 1.29 is 8.42 Å². The maximum Gasteiger partial charge on any atom is 0.215 e. The lowest BCUT2D eigenvalue weighted by atomic mass is 10.1. The van der Waals surface area contributed by atoms with E-state index in [1.807, 2.05) is 24.3 Å². The number of hydrogen-bond acceptors (Lipinski definition) is 3. The highest BCUT2D eigenvalue weighted by Crippen LogP contribution is 2.09. The van der Waals surface area contributed by atoms with Gasteiger partial charge < -0.3 is 5.32 Å². The number of unbranched alkanes of at least 4 members (excludes halogenated alkanes) is 2. The van der Waals surface area contributed by atoms with Crippen LogP contribution in [0.4, 0.5) is 0 Å². The quantitative estimate of drug-likeness (QED) is 0.618. The summed E-state index contributed by atoms with van der Waals surface area (Å²) in [6, 6.07) is 7.78. The van der Waals surface area contributed by atoms with Crippen LogP contribution in [0.1, 0.15) is 50.7 Å². The molecule has 5 heteroatoms. The van der Waals surface area contributed by atoms with E-state index in [9.17, 15) is 8.42 Å². The van der Waals surface area contributed by atoms with Crippen LogP contribution < -0.4 is 10.0 Å². The zero-order valence-corrected chi connectivity index (χ0v) is 14.0. The molecular weight excluding hydrogens is 284 g/mol. The highest BCUT2D eigenvalue weighted by Gasteiger charge is 2.10. The molecule has 4 nitrogen and oxygen atoms in total. The van der Waals surface area contributed by atoms with Crippen LogP contribution in [-0.2, 0) is 22.3 Å². The minimum atomic E-state index is -3.23. The standard InChI is InChI=1S/C16H28N2O2S/c1-3-5-6-11-18-21(19,20)14-16-9-7-8-15(12-16)13-17-10-4-2/h7-9,12,17-18H,3-6,10-11,13-14H2,1-2H3. The summed E-state index contributed by atoms with van der Waals surface area (Å²) in [6.07, 6.45) is 4.14. The Morgan fingerprint density at radius 3 is 2.48 bits per heavy atom. The monoisotopic (exact) mass is 312 g/mol. The second-order valence-electron chi connectivity index (χ2n) is 5.36. The zero-order valence-electron chi connectivity index (χ0n) is 13.2. The Morgan fingerprint density at radius 1 is 1.00 bits per heavy atom. The van der Waals surface area contributed by atoms with Crippen molar-refractivity contribution >= 4 is 10.0 Å². The Labute approximate surface area is 129 Å². The van der Waals surface area contributed by atoms with E-state index in [1.165, 1.54) is 0 Å². The Hall–Kier alpha value is -0.910. The lowest BCUT2D eigenvalue weighted by Crippen LogP contribution is -2.26. The summed E-state index contributed by atoms with van der Waals surface area (Å²) in [7, 11) is -3.23. The molecule has 1 aromatic carbocycles. The normalized spacial score (nSPS) is 11.7. The fourth-order valence-electron chi connectivity index (χ4n) is 2.11.